The molecular formula is C26H34N2. The van der Waals surface area contributed by atoms with E-state index in [1.54, 1.807) is 0 Å². The van der Waals surface area contributed by atoms with E-state index in [1.807, 2.05) is 0 Å². The van der Waals surface area contributed by atoms with Crippen molar-refractivity contribution in [1.29, 1.82) is 0 Å². The number of hydrogen-bond donors (Lipinski definition) is 0. The molecule has 28 heavy (non-hydrogen) atoms. The van der Waals surface area contributed by atoms with E-state index in [-0.39, 0.29) is 16.5 Å². The van der Waals surface area contributed by atoms with E-state index in [1.165, 1.54) is 33.6 Å². The smallest absolute Gasteiger partial charge is 0.0531 e. The van der Waals surface area contributed by atoms with E-state index < -0.39 is 0 Å². The average molecular weight is 375 g/mol. The highest BCUT2D eigenvalue weighted by molar-refractivity contribution is 5.82. The average Bonchev–Trinajstić information content (AvgIpc) is 2.63. The summed E-state index contributed by atoms with van der Waals surface area (Å²) in [5.74, 6) is 0. The van der Waals surface area contributed by atoms with Gasteiger partial charge in [0.2, 0.25) is 0 Å². The van der Waals surface area contributed by atoms with E-state index in [2.05, 4.69) is 114 Å². The van der Waals surface area contributed by atoms with Gasteiger partial charge in [0.25, 0.3) is 0 Å². The third-order valence-electron chi connectivity index (χ3n) is 7.41. The van der Waals surface area contributed by atoms with E-state index in [4.69, 9.17) is 0 Å². The van der Waals surface area contributed by atoms with Crippen LogP contribution in [0, 0.1) is 0 Å². The Hall–Kier alpha value is -2.22. The van der Waals surface area contributed by atoms with Crippen LogP contribution in [0.25, 0.3) is 5.57 Å². The van der Waals surface area contributed by atoms with Gasteiger partial charge in [0.05, 0.1) is 5.54 Å². The van der Waals surface area contributed by atoms with Gasteiger partial charge in [-0.1, -0.05) is 37.3 Å². The van der Waals surface area contributed by atoms with E-state index in [0.717, 1.165) is 6.42 Å². The molecule has 2 aliphatic rings. The fourth-order valence-corrected chi connectivity index (χ4v) is 5.40. The topological polar surface area (TPSA) is 6.48 Å². The minimum Gasteiger partial charge on any atom is -0.369 e. The maximum atomic E-state index is 2.45. The highest BCUT2D eigenvalue weighted by Gasteiger charge is 2.44. The lowest BCUT2D eigenvalue weighted by Crippen LogP contribution is -2.51. The number of anilines is 2. The number of likely N-dealkylation sites (N-methyl/N-ethyl adjacent to an activating group) is 1. The number of benzene rings is 2. The fraction of sp³-hybridized carbons (Fsp3) is 0.462. The molecule has 2 nitrogen and oxygen atoms in total. The van der Waals surface area contributed by atoms with Crippen molar-refractivity contribution in [3.8, 4) is 0 Å². The molecule has 2 heterocycles. The molecule has 0 aromatic heterocycles. The third-order valence-corrected chi connectivity index (χ3v) is 7.41. The molecular weight excluding hydrogens is 340 g/mol. The Morgan fingerprint density at radius 1 is 0.821 bits per heavy atom. The van der Waals surface area contributed by atoms with Gasteiger partial charge in [-0.05, 0) is 75.9 Å². The predicted octanol–water partition coefficient (Wildman–Crippen LogP) is 6.24. The quantitative estimate of drug-likeness (QED) is 0.583. The van der Waals surface area contributed by atoms with Crippen LogP contribution in [0.15, 0.2) is 48.5 Å². The van der Waals surface area contributed by atoms with Crippen molar-refractivity contribution in [1.82, 2.24) is 0 Å². The van der Waals surface area contributed by atoms with Gasteiger partial charge in [-0.15, -0.1) is 0 Å². The van der Waals surface area contributed by atoms with Gasteiger partial charge in [0, 0.05) is 42.0 Å². The standard InChI is InChI=1S/C26H34N2/c1-18-16-24(2,3)27(7)22-14-13-19(15-20(18)22)26(6)17-25(4,5)28(8)23-12-10-9-11-21(23)26/h9-16H,17H2,1-8H3. The number of hydrogen-bond acceptors (Lipinski definition) is 2. The number of fused-ring (bicyclic) bond motifs is 2. The molecule has 0 amide bonds. The second-order valence-corrected chi connectivity index (χ2v) is 10.2. The van der Waals surface area contributed by atoms with Crippen LogP contribution in [-0.4, -0.2) is 25.2 Å². The molecule has 2 aliphatic heterocycles. The van der Waals surface area contributed by atoms with Gasteiger partial charge < -0.3 is 9.80 Å². The highest BCUT2D eigenvalue weighted by Crippen LogP contribution is 2.51. The lowest BCUT2D eigenvalue weighted by molar-refractivity contribution is 0.335. The lowest BCUT2D eigenvalue weighted by atomic mass is 9.65. The van der Waals surface area contributed by atoms with Crippen LogP contribution in [0.5, 0.6) is 0 Å². The summed E-state index contributed by atoms with van der Waals surface area (Å²) in [5.41, 5.74) is 8.42. The van der Waals surface area contributed by atoms with Crippen LogP contribution in [0.1, 0.15) is 64.7 Å². The van der Waals surface area contributed by atoms with Crippen LogP contribution in [0.4, 0.5) is 11.4 Å². The lowest BCUT2D eigenvalue weighted by Gasteiger charge is -2.51. The summed E-state index contributed by atoms with van der Waals surface area (Å²) in [7, 11) is 4.44. The second-order valence-electron chi connectivity index (χ2n) is 10.2. The van der Waals surface area contributed by atoms with Gasteiger partial charge in [-0.25, -0.2) is 0 Å². The Morgan fingerprint density at radius 2 is 1.50 bits per heavy atom. The normalized spacial score (nSPS) is 25.1. The monoisotopic (exact) mass is 374 g/mol. The van der Waals surface area contributed by atoms with E-state index in [0.29, 0.717) is 0 Å². The molecule has 0 aliphatic carbocycles. The van der Waals surface area contributed by atoms with Crippen molar-refractivity contribution < 1.29 is 0 Å². The Morgan fingerprint density at radius 3 is 2.21 bits per heavy atom. The predicted molar refractivity (Wildman–Crippen MR) is 123 cm³/mol. The second kappa shape index (κ2) is 5.89. The number of allylic oxidation sites excluding steroid dienone is 1. The molecule has 0 saturated carbocycles. The zero-order valence-electron chi connectivity index (χ0n) is 18.7. The maximum Gasteiger partial charge on any atom is 0.0531 e. The molecule has 0 fully saturated rings. The number of rotatable bonds is 1. The maximum absolute atomic E-state index is 2.45. The van der Waals surface area contributed by atoms with Crippen LogP contribution >= 0.6 is 0 Å². The molecule has 0 spiro atoms. The molecule has 1 unspecified atom stereocenters. The van der Waals surface area contributed by atoms with Crippen molar-refractivity contribution in [3.05, 3.63) is 65.2 Å². The Bertz CT molecular complexity index is 966. The van der Waals surface area contributed by atoms with Crippen LogP contribution < -0.4 is 9.80 Å². The molecule has 1 atom stereocenters. The van der Waals surface area contributed by atoms with E-state index in [9.17, 15) is 0 Å². The Kier molecular flexibility index (Phi) is 4.02. The van der Waals surface area contributed by atoms with Crippen molar-refractivity contribution >= 4 is 16.9 Å². The minimum atomic E-state index is -0.00650. The summed E-state index contributed by atoms with van der Waals surface area (Å²) in [6.07, 6.45) is 3.49. The zero-order chi connectivity index (χ0) is 20.5. The van der Waals surface area contributed by atoms with Gasteiger partial charge in [0.15, 0.2) is 0 Å². The number of nitrogens with zero attached hydrogens (tertiary/aromatic N) is 2. The summed E-state index contributed by atoms with van der Waals surface area (Å²) in [5, 5.41) is 0. The summed E-state index contributed by atoms with van der Waals surface area (Å²) < 4.78 is 0. The molecule has 4 rings (SSSR count). The fourth-order valence-electron chi connectivity index (χ4n) is 5.40. The largest absolute Gasteiger partial charge is 0.369 e. The molecule has 0 saturated heterocycles. The SMILES string of the molecule is CC1=CC(C)(C)N(C)c2ccc(C3(C)CC(C)(C)N(C)c4ccccc43)cc21. The molecule has 148 valence electrons. The first-order chi connectivity index (χ1) is 13.0. The molecule has 0 N–H and O–H groups in total. The van der Waals surface area contributed by atoms with Crippen molar-refractivity contribution in [2.24, 2.45) is 0 Å². The van der Waals surface area contributed by atoms with E-state index >= 15 is 0 Å². The summed E-state index contributed by atoms with van der Waals surface area (Å²) in [6.45, 7) is 14.0. The molecule has 0 bridgehead atoms. The minimum absolute atomic E-state index is 0.00650. The van der Waals surface area contributed by atoms with Crippen molar-refractivity contribution in [2.45, 2.75) is 64.5 Å². The van der Waals surface area contributed by atoms with Crippen LogP contribution in [-0.2, 0) is 5.41 Å². The molecule has 2 heteroatoms. The first kappa shape index (κ1) is 19.1. The Labute approximate surface area is 170 Å². The summed E-state index contributed by atoms with van der Waals surface area (Å²) >= 11 is 0. The van der Waals surface area contributed by atoms with Gasteiger partial charge in [-0.2, -0.15) is 0 Å². The van der Waals surface area contributed by atoms with Crippen LogP contribution in [0.2, 0.25) is 0 Å². The van der Waals surface area contributed by atoms with Crippen molar-refractivity contribution in [2.75, 3.05) is 23.9 Å². The molecule has 2 aromatic carbocycles. The molecule has 0 radical (unpaired) electrons. The van der Waals surface area contributed by atoms with Gasteiger partial charge in [-0.3, -0.25) is 0 Å². The van der Waals surface area contributed by atoms with Crippen LogP contribution in [0.3, 0.4) is 0 Å². The summed E-state index contributed by atoms with van der Waals surface area (Å²) in [6, 6.07) is 16.1. The Balaban J connectivity index is 1.91. The summed E-state index contributed by atoms with van der Waals surface area (Å²) in [4.78, 5) is 4.85. The molecule has 2 aromatic rings. The number of para-hydroxylation sites is 1. The van der Waals surface area contributed by atoms with Gasteiger partial charge in [0.1, 0.15) is 0 Å². The highest BCUT2D eigenvalue weighted by atomic mass is 15.2. The zero-order valence-corrected chi connectivity index (χ0v) is 18.7. The van der Waals surface area contributed by atoms with Crippen molar-refractivity contribution in [3.63, 3.8) is 0 Å². The first-order valence-electron chi connectivity index (χ1n) is 10.4. The third kappa shape index (κ3) is 2.61. The van der Waals surface area contributed by atoms with Gasteiger partial charge >= 0.3 is 0 Å². The first-order valence-corrected chi connectivity index (χ1v) is 10.4.